The van der Waals surface area contributed by atoms with Crippen molar-refractivity contribution in [3.05, 3.63) is 0 Å². The van der Waals surface area contributed by atoms with Crippen LogP contribution >= 0.6 is 0 Å². The van der Waals surface area contributed by atoms with Gasteiger partial charge in [-0.3, -0.25) is 5.32 Å². The second-order valence-corrected chi connectivity index (χ2v) is 2.72. The molecule has 0 aromatic rings. The van der Waals surface area contributed by atoms with Crippen molar-refractivity contribution in [3.8, 4) is 0 Å². The predicted molar refractivity (Wildman–Crippen MR) is 37.2 cm³/mol. The van der Waals surface area contributed by atoms with Crippen LogP contribution in [0.3, 0.4) is 0 Å². The van der Waals surface area contributed by atoms with Crippen molar-refractivity contribution < 1.29 is 4.74 Å². The predicted octanol–water partition coefficient (Wildman–Crippen LogP) is 1.12. The molecule has 1 fully saturated rings. The molecule has 2 nitrogen and oxygen atoms in total. The van der Waals surface area contributed by atoms with Gasteiger partial charge in [-0.2, -0.15) is 0 Å². The zero-order chi connectivity index (χ0) is 6.69. The molecule has 9 heavy (non-hydrogen) atoms. The molecule has 1 aliphatic heterocycles. The molecule has 0 aromatic carbocycles. The van der Waals surface area contributed by atoms with Crippen LogP contribution in [-0.4, -0.2) is 19.4 Å². The fraction of sp³-hybridized carbons (Fsp3) is 1.00. The molecule has 0 amide bonds. The number of rotatable bonds is 1. The van der Waals surface area contributed by atoms with Crippen LogP contribution in [0.25, 0.3) is 0 Å². The Hall–Kier alpha value is -0.0800. The van der Waals surface area contributed by atoms with Gasteiger partial charge in [-0.15, -0.1) is 0 Å². The van der Waals surface area contributed by atoms with Crippen molar-refractivity contribution in [2.75, 3.05) is 7.11 Å². The Balaban J connectivity index is 2.23. The summed E-state index contributed by atoms with van der Waals surface area (Å²) in [7, 11) is 1.76. The summed E-state index contributed by atoms with van der Waals surface area (Å²) in [5.74, 6) is 0. The molecule has 0 aromatic heterocycles. The van der Waals surface area contributed by atoms with Gasteiger partial charge in [0.2, 0.25) is 0 Å². The Morgan fingerprint density at radius 3 is 2.67 bits per heavy atom. The lowest BCUT2D eigenvalue weighted by atomic mass is 10.1. The fourth-order valence-electron chi connectivity index (χ4n) is 1.28. The van der Waals surface area contributed by atoms with Gasteiger partial charge in [0.15, 0.2) is 0 Å². The second-order valence-electron chi connectivity index (χ2n) is 2.72. The van der Waals surface area contributed by atoms with Crippen LogP contribution in [0.2, 0.25) is 0 Å². The van der Waals surface area contributed by atoms with E-state index >= 15 is 0 Å². The number of ether oxygens (including phenoxy) is 1. The van der Waals surface area contributed by atoms with Gasteiger partial charge in [0, 0.05) is 13.2 Å². The zero-order valence-electron chi connectivity index (χ0n) is 6.18. The van der Waals surface area contributed by atoms with E-state index in [0.29, 0.717) is 12.3 Å². The largest absolute Gasteiger partial charge is 0.367 e. The van der Waals surface area contributed by atoms with E-state index in [1.165, 1.54) is 19.3 Å². The summed E-state index contributed by atoms with van der Waals surface area (Å²) >= 11 is 0. The third-order valence-corrected chi connectivity index (χ3v) is 1.86. The maximum Gasteiger partial charge on any atom is 0.107 e. The van der Waals surface area contributed by atoms with Gasteiger partial charge in [0.05, 0.1) is 0 Å². The lowest BCUT2D eigenvalue weighted by molar-refractivity contribution is 0.0391. The first-order valence-electron chi connectivity index (χ1n) is 3.62. The summed E-state index contributed by atoms with van der Waals surface area (Å²) in [5, 5.41) is 3.34. The second kappa shape index (κ2) is 3.18. The van der Waals surface area contributed by atoms with Crippen LogP contribution in [0, 0.1) is 0 Å². The van der Waals surface area contributed by atoms with Crippen LogP contribution in [0.15, 0.2) is 0 Å². The number of piperidine rings is 1. The fourth-order valence-corrected chi connectivity index (χ4v) is 1.28. The minimum atomic E-state index is 0.314. The first kappa shape index (κ1) is 7.03. The van der Waals surface area contributed by atoms with Gasteiger partial charge in [-0.25, -0.2) is 0 Å². The van der Waals surface area contributed by atoms with Crippen molar-refractivity contribution in [3.63, 3.8) is 0 Å². The molecule has 0 spiro atoms. The summed E-state index contributed by atoms with van der Waals surface area (Å²) in [6, 6.07) is 0.642. The smallest absolute Gasteiger partial charge is 0.107 e. The molecule has 0 radical (unpaired) electrons. The van der Waals surface area contributed by atoms with Crippen LogP contribution in [0.5, 0.6) is 0 Å². The minimum Gasteiger partial charge on any atom is -0.367 e. The van der Waals surface area contributed by atoms with E-state index in [9.17, 15) is 0 Å². The van der Waals surface area contributed by atoms with Gasteiger partial charge in [0.25, 0.3) is 0 Å². The molecule has 1 rings (SSSR count). The van der Waals surface area contributed by atoms with Crippen LogP contribution < -0.4 is 5.32 Å². The van der Waals surface area contributed by atoms with Gasteiger partial charge in [-0.05, 0) is 26.2 Å². The summed E-state index contributed by atoms with van der Waals surface area (Å²) < 4.78 is 5.15. The first-order chi connectivity index (χ1) is 4.33. The van der Waals surface area contributed by atoms with Crippen molar-refractivity contribution in [1.82, 2.24) is 5.32 Å². The van der Waals surface area contributed by atoms with E-state index < -0.39 is 0 Å². The van der Waals surface area contributed by atoms with Crippen molar-refractivity contribution in [2.45, 2.75) is 38.5 Å². The molecule has 2 unspecified atom stereocenters. The molecule has 2 heteroatoms. The van der Waals surface area contributed by atoms with Crippen LogP contribution in [-0.2, 0) is 4.74 Å². The Morgan fingerprint density at radius 2 is 2.22 bits per heavy atom. The SMILES string of the molecule is COC1CCCC(C)N1. The van der Waals surface area contributed by atoms with E-state index in [1.807, 2.05) is 0 Å². The molecule has 0 saturated carbocycles. The Bertz CT molecular complexity index is 85.0. The van der Waals surface area contributed by atoms with Gasteiger partial charge < -0.3 is 4.74 Å². The number of hydrogen-bond acceptors (Lipinski definition) is 2. The Labute approximate surface area is 56.6 Å². The molecule has 54 valence electrons. The molecule has 1 saturated heterocycles. The van der Waals surface area contributed by atoms with Crippen LogP contribution in [0.1, 0.15) is 26.2 Å². The van der Waals surface area contributed by atoms with Crippen LogP contribution in [0.4, 0.5) is 0 Å². The quantitative estimate of drug-likeness (QED) is 0.573. The van der Waals surface area contributed by atoms with Crippen molar-refractivity contribution in [1.29, 1.82) is 0 Å². The number of hydrogen-bond donors (Lipinski definition) is 1. The summed E-state index contributed by atoms with van der Waals surface area (Å²) in [6.45, 7) is 2.20. The van der Waals surface area contributed by atoms with Gasteiger partial charge in [-0.1, -0.05) is 0 Å². The average molecular weight is 129 g/mol. The standard InChI is InChI=1S/C7H15NO/c1-6-4-3-5-7(8-6)9-2/h6-8H,3-5H2,1-2H3. The molecule has 1 aliphatic rings. The summed E-state index contributed by atoms with van der Waals surface area (Å²) in [5.41, 5.74) is 0. The highest BCUT2D eigenvalue weighted by molar-refractivity contribution is 4.70. The zero-order valence-corrected chi connectivity index (χ0v) is 6.18. The van der Waals surface area contributed by atoms with E-state index in [2.05, 4.69) is 12.2 Å². The maximum absolute atomic E-state index is 5.15. The minimum absolute atomic E-state index is 0.314. The number of methoxy groups -OCH3 is 1. The van der Waals surface area contributed by atoms with Gasteiger partial charge in [0.1, 0.15) is 6.23 Å². The van der Waals surface area contributed by atoms with Gasteiger partial charge >= 0.3 is 0 Å². The van der Waals surface area contributed by atoms with Crippen molar-refractivity contribution in [2.24, 2.45) is 0 Å². The molecule has 0 bridgehead atoms. The number of nitrogens with one attached hydrogen (secondary N) is 1. The third-order valence-electron chi connectivity index (χ3n) is 1.86. The topological polar surface area (TPSA) is 21.3 Å². The molecule has 0 aliphatic carbocycles. The molecule has 2 atom stereocenters. The molecular formula is C7H15NO. The van der Waals surface area contributed by atoms with Crippen molar-refractivity contribution >= 4 is 0 Å². The molecular weight excluding hydrogens is 114 g/mol. The van der Waals surface area contributed by atoms with E-state index in [-0.39, 0.29) is 0 Å². The molecule has 1 N–H and O–H groups in total. The Morgan fingerprint density at radius 1 is 1.44 bits per heavy atom. The first-order valence-corrected chi connectivity index (χ1v) is 3.62. The highest BCUT2D eigenvalue weighted by Gasteiger charge is 2.15. The van der Waals surface area contributed by atoms with E-state index in [1.54, 1.807) is 7.11 Å². The average Bonchev–Trinajstić information content (AvgIpc) is 1.88. The third kappa shape index (κ3) is 1.95. The monoisotopic (exact) mass is 129 g/mol. The van der Waals surface area contributed by atoms with E-state index in [0.717, 1.165) is 0 Å². The lowest BCUT2D eigenvalue weighted by Gasteiger charge is -2.27. The summed E-state index contributed by atoms with van der Waals surface area (Å²) in [6.07, 6.45) is 4.07. The maximum atomic E-state index is 5.15. The lowest BCUT2D eigenvalue weighted by Crippen LogP contribution is -2.41. The highest BCUT2D eigenvalue weighted by atomic mass is 16.5. The normalized spacial score (nSPS) is 36.7. The molecule has 1 heterocycles. The van der Waals surface area contributed by atoms with E-state index in [4.69, 9.17) is 4.74 Å². The summed E-state index contributed by atoms with van der Waals surface area (Å²) in [4.78, 5) is 0. The highest BCUT2D eigenvalue weighted by Crippen LogP contribution is 2.11. The Kier molecular flexibility index (Phi) is 2.49.